The first kappa shape index (κ1) is 15.5. The number of amides is 1. The third kappa shape index (κ3) is 4.22. The van der Waals surface area contributed by atoms with Crippen molar-refractivity contribution in [3.8, 4) is 5.75 Å². The number of hydrogen-bond donors (Lipinski definition) is 3. The van der Waals surface area contributed by atoms with Gasteiger partial charge in [0.1, 0.15) is 11.9 Å². The number of aliphatic hydroxyl groups excluding tert-OH is 1. The number of benzene rings is 1. The zero-order valence-corrected chi connectivity index (χ0v) is 11.6. The van der Waals surface area contributed by atoms with Gasteiger partial charge in [0.05, 0.1) is 7.11 Å². The molecule has 1 unspecified atom stereocenters. The molecule has 106 valence electrons. The van der Waals surface area contributed by atoms with Gasteiger partial charge in [-0.15, -0.1) is 0 Å². The predicted molar refractivity (Wildman–Crippen MR) is 74.0 cm³/mol. The van der Waals surface area contributed by atoms with Crippen molar-refractivity contribution < 1.29 is 14.6 Å². The second kappa shape index (κ2) is 7.11. The van der Waals surface area contributed by atoms with E-state index in [1.807, 2.05) is 18.2 Å². The number of aliphatic hydroxyl groups is 1. The van der Waals surface area contributed by atoms with E-state index in [0.717, 1.165) is 11.3 Å². The number of nitrogens with one attached hydrogen (secondary N) is 1. The first-order valence-corrected chi connectivity index (χ1v) is 6.32. The van der Waals surface area contributed by atoms with E-state index in [9.17, 15) is 9.90 Å². The average Bonchev–Trinajstić information content (AvgIpc) is 2.43. The maximum atomic E-state index is 11.4. The van der Waals surface area contributed by atoms with Crippen LogP contribution in [-0.2, 0) is 11.3 Å². The second-order valence-corrected chi connectivity index (χ2v) is 4.70. The molecule has 0 bridgehead atoms. The number of carbonyl (C=O) groups excluding carboxylic acids is 1. The van der Waals surface area contributed by atoms with Crippen LogP contribution in [0.3, 0.4) is 0 Å². The number of nitrogens with two attached hydrogens (primary N) is 1. The van der Waals surface area contributed by atoms with Gasteiger partial charge in [0, 0.05) is 18.7 Å². The fourth-order valence-electron chi connectivity index (χ4n) is 1.67. The van der Waals surface area contributed by atoms with Crippen LogP contribution in [0, 0.1) is 0 Å². The van der Waals surface area contributed by atoms with Gasteiger partial charge in [0.25, 0.3) is 0 Å². The molecule has 5 nitrogen and oxygen atoms in total. The standard InChI is InChI=1S/C14H22N2O3/c1-9(2)10-4-5-11(13(6-10)19-3)8-16-14(18)12(17)7-15/h4-6,9,12,17H,7-8,15H2,1-3H3,(H,16,18). The molecule has 0 saturated heterocycles. The molecule has 0 fully saturated rings. The second-order valence-electron chi connectivity index (χ2n) is 4.70. The first-order chi connectivity index (χ1) is 8.99. The van der Waals surface area contributed by atoms with Crippen LogP contribution < -0.4 is 15.8 Å². The van der Waals surface area contributed by atoms with Crippen LogP contribution in [0.5, 0.6) is 5.75 Å². The Morgan fingerprint density at radius 1 is 1.47 bits per heavy atom. The molecule has 0 aliphatic rings. The lowest BCUT2D eigenvalue weighted by Crippen LogP contribution is -2.38. The Hall–Kier alpha value is -1.59. The third-order valence-electron chi connectivity index (χ3n) is 2.96. The van der Waals surface area contributed by atoms with Gasteiger partial charge in [-0.1, -0.05) is 26.0 Å². The van der Waals surface area contributed by atoms with E-state index in [2.05, 4.69) is 19.2 Å². The Kier molecular flexibility index (Phi) is 5.79. The molecule has 19 heavy (non-hydrogen) atoms. The molecule has 0 heterocycles. The van der Waals surface area contributed by atoms with E-state index >= 15 is 0 Å². The number of methoxy groups -OCH3 is 1. The van der Waals surface area contributed by atoms with E-state index in [1.165, 1.54) is 5.56 Å². The number of ether oxygens (including phenoxy) is 1. The van der Waals surface area contributed by atoms with Crippen molar-refractivity contribution in [3.63, 3.8) is 0 Å². The zero-order valence-electron chi connectivity index (χ0n) is 11.6. The van der Waals surface area contributed by atoms with Gasteiger partial charge < -0.3 is 20.9 Å². The largest absolute Gasteiger partial charge is 0.496 e. The molecule has 1 rings (SSSR count). The van der Waals surface area contributed by atoms with E-state index < -0.39 is 12.0 Å². The average molecular weight is 266 g/mol. The van der Waals surface area contributed by atoms with Gasteiger partial charge >= 0.3 is 0 Å². The molecule has 1 aromatic rings. The molecule has 0 aromatic heterocycles. The van der Waals surface area contributed by atoms with Crippen LogP contribution in [0.1, 0.15) is 30.9 Å². The summed E-state index contributed by atoms with van der Waals surface area (Å²) in [5, 5.41) is 11.9. The van der Waals surface area contributed by atoms with E-state index in [1.54, 1.807) is 7.11 Å². The van der Waals surface area contributed by atoms with Crippen LogP contribution in [0.4, 0.5) is 0 Å². The van der Waals surface area contributed by atoms with Crippen LogP contribution in [0.15, 0.2) is 18.2 Å². The molecule has 5 heteroatoms. The van der Waals surface area contributed by atoms with E-state index in [0.29, 0.717) is 12.5 Å². The molecular formula is C14H22N2O3. The van der Waals surface area contributed by atoms with Crippen LogP contribution in [0.25, 0.3) is 0 Å². The monoisotopic (exact) mass is 266 g/mol. The van der Waals surface area contributed by atoms with Gasteiger partial charge in [-0.3, -0.25) is 4.79 Å². The Morgan fingerprint density at radius 2 is 2.16 bits per heavy atom. The minimum absolute atomic E-state index is 0.0880. The lowest BCUT2D eigenvalue weighted by atomic mass is 10.0. The Balaban J connectivity index is 2.76. The van der Waals surface area contributed by atoms with Crippen molar-refractivity contribution in [2.24, 2.45) is 5.73 Å². The molecule has 1 atom stereocenters. The molecule has 0 aliphatic heterocycles. The van der Waals surface area contributed by atoms with Crippen molar-refractivity contribution >= 4 is 5.91 Å². The summed E-state index contributed by atoms with van der Waals surface area (Å²) in [6.45, 7) is 4.42. The van der Waals surface area contributed by atoms with Gasteiger partial charge in [-0.2, -0.15) is 0 Å². The first-order valence-electron chi connectivity index (χ1n) is 6.32. The molecule has 0 spiro atoms. The summed E-state index contributed by atoms with van der Waals surface area (Å²) < 4.78 is 5.32. The number of hydrogen-bond acceptors (Lipinski definition) is 4. The Morgan fingerprint density at radius 3 is 2.68 bits per heavy atom. The highest BCUT2D eigenvalue weighted by Gasteiger charge is 2.13. The number of carbonyl (C=O) groups is 1. The van der Waals surface area contributed by atoms with Crippen molar-refractivity contribution in [1.29, 1.82) is 0 Å². The van der Waals surface area contributed by atoms with Crippen molar-refractivity contribution in [3.05, 3.63) is 29.3 Å². The van der Waals surface area contributed by atoms with E-state index in [-0.39, 0.29) is 6.54 Å². The number of rotatable bonds is 6. The fraction of sp³-hybridized carbons (Fsp3) is 0.500. The Bertz CT molecular complexity index is 433. The lowest BCUT2D eigenvalue weighted by molar-refractivity contribution is -0.128. The molecule has 1 amide bonds. The molecule has 0 aliphatic carbocycles. The minimum atomic E-state index is -1.17. The highest BCUT2D eigenvalue weighted by molar-refractivity contribution is 5.80. The normalized spacial score (nSPS) is 12.3. The summed E-state index contributed by atoms with van der Waals surface area (Å²) in [5.41, 5.74) is 7.26. The predicted octanol–water partition coefficient (Wildman–Crippen LogP) is 0.754. The maximum Gasteiger partial charge on any atom is 0.250 e. The SMILES string of the molecule is COc1cc(C(C)C)ccc1CNC(=O)C(O)CN. The fourth-order valence-corrected chi connectivity index (χ4v) is 1.67. The van der Waals surface area contributed by atoms with Gasteiger partial charge in [-0.05, 0) is 17.5 Å². The summed E-state index contributed by atoms with van der Waals surface area (Å²) >= 11 is 0. The highest BCUT2D eigenvalue weighted by Crippen LogP contribution is 2.24. The third-order valence-corrected chi connectivity index (χ3v) is 2.96. The smallest absolute Gasteiger partial charge is 0.250 e. The summed E-state index contributed by atoms with van der Waals surface area (Å²) in [4.78, 5) is 11.4. The minimum Gasteiger partial charge on any atom is -0.496 e. The lowest BCUT2D eigenvalue weighted by Gasteiger charge is -2.14. The van der Waals surface area contributed by atoms with Crippen molar-refractivity contribution in [2.45, 2.75) is 32.4 Å². The van der Waals surface area contributed by atoms with Gasteiger partial charge in [0.2, 0.25) is 5.91 Å². The van der Waals surface area contributed by atoms with Gasteiger partial charge in [0.15, 0.2) is 0 Å². The topological polar surface area (TPSA) is 84.6 Å². The van der Waals surface area contributed by atoms with Crippen molar-refractivity contribution in [1.82, 2.24) is 5.32 Å². The van der Waals surface area contributed by atoms with Crippen LogP contribution >= 0.6 is 0 Å². The summed E-state index contributed by atoms with van der Waals surface area (Å²) in [6, 6.07) is 5.89. The zero-order chi connectivity index (χ0) is 14.4. The summed E-state index contributed by atoms with van der Waals surface area (Å²) in [7, 11) is 1.60. The summed E-state index contributed by atoms with van der Waals surface area (Å²) in [6.07, 6.45) is -1.17. The van der Waals surface area contributed by atoms with Crippen LogP contribution in [-0.4, -0.2) is 30.8 Å². The summed E-state index contributed by atoms with van der Waals surface area (Å²) in [5.74, 6) is 0.669. The molecule has 0 saturated carbocycles. The quantitative estimate of drug-likeness (QED) is 0.709. The molecular weight excluding hydrogens is 244 g/mol. The maximum absolute atomic E-state index is 11.4. The Labute approximate surface area is 113 Å². The molecule has 1 aromatic carbocycles. The molecule has 0 radical (unpaired) electrons. The van der Waals surface area contributed by atoms with Crippen LogP contribution in [0.2, 0.25) is 0 Å². The van der Waals surface area contributed by atoms with Crippen molar-refractivity contribution in [2.75, 3.05) is 13.7 Å². The van der Waals surface area contributed by atoms with Gasteiger partial charge in [-0.25, -0.2) is 0 Å². The van der Waals surface area contributed by atoms with E-state index in [4.69, 9.17) is 10.5 Å². The molecule has 4 N–H and O–H groups in total. The highest BCUT2D eigenvalue weighted by atomic mass is 16.5.